The number of esters is 1. The maximum Gasteiger partial charge on any atom is 0.358 e. The smallest absolute Gasteiger partial charge is 0.358 e. The second-order valence-electron chi connectivity index (χ2n) is 5.17. The molecule has 2 aromatic carbocycles. The van der Waals surface area contributed by atoms with Crippen molar-refractivity contribution >= 4 is 35.0 Å². The summed E-state index contributed by atoms with van der Waals surface area (Å²) in [7, 11) is 1.22. The van der Waals surface area contributed by atoms with Gasteiger partial charge >= 0.3 is 5.97 Å². The predicted octanol–water partition coefficient (Wildman–Crippen LogP) is 3.72. The van der Waals surface area contributed by atoms with E-state index in [-0.39, 0.29) is 6.42 Å². The fraction of sp³-hybridized carbons (Fsp3) is 0.176. The number of carbonyl (C=O) groups excluding carboxylic acids is 2. The second-order valence-corrected chi connectivity index (χ2v) is 5.99. The fourth-order valence-electron chi connectivity index (χ4n) is 2.62. The molecular formula is C17H12Cl2O4. The molecule has 0 aromatic heterocycles. The van der Waals surface area contributed by atoms with E-state index in [0.29, 0.717) is 26.9 Å². The zero-order valence-corrected chi connectivity index (χ0v) is 13.6. The first-order valence-electron chi connectivity index (χ1n) is 6.83. The molecule has 0 bridgehead atoms. The molecule has 4 nitrogen and oxygen atoms in total. The van der Waals surface area contributed by atoms with Crippen LogP contribution >= 0.6 is 23.2 Å². The van der Waals surface area contributed by atoms with E-state index in [1.165, 1.54) is 7.11 Å². The van der Waals surface area contributed by atoms with Crippen molar-refractivity contribution in [3.05, 3.63) is 63.6 Å². The third-order valence-electron chi connectivity index (χ3n) is 3.73. The van der Waals surface area contributed by atoms with Crippen molar-refractivity contribution < 1.29 is 19.1 Å². The number of Topliss-reactive ketones (excluding diaryl/α,β-unsaturated/α-hetero) is 1. The largest absolute Gasteiger partial charge is 0.466 e. The third kappa shape index (κ3) is 2.58. The molecule has 0 saturated heterocycles. The standard InChI is InChI=1S/C17H12Cl2O4/c1-22-16(21)17(9-10-6-7-12(18)13(19)8-10)15(20)11-4-2-3-5-14(11)23-17/h2-8H,9H2,1H3. The van der Waals surface area contributed by atoms with E-state index in [4.69, 9.17) is 32.7 Å². The van der Waals surface area contributed by atoms with Gasteiger partial charge in [-0.1, -0.05) is 41.4 Å². The van der Waals surface area contributed by atoms with Crippen molar-refractivity contribution in [1.29, 1.82) is 0 Å². The lowest BCUT2D eigenvalue weighted by atomic mass is 9.88. The average Bonchev–Trinajstić information content (AvgIpc) is 2.84. The molecule has 0 aliphatic carbocycles. The van der Waals surface area contributed by atoms with Crippen molar-refractivity contribution in [2.24, 2.45) is 0 Å². The highest BCUT2D eigenvalue weighted by molar-refractivity contribution is 6.42. The highest BCUT2D eigenvalue weighted by atomic mass is 35.5. The van der Waals surface area contributed by atoms with Crippen LogP contribution in [0, 0.1) is 0 Å². The highest BCUT2D eigenvalue weighted by Crippen LogP contribution is 2.38. The Morgan fingerprint density at radius 1 is 1.17 bits per heavy atom. The number of benzene rings is 2. The first-order chi connectivity index (χ1) is 11.0. The fourth-order valence-corrected chi connectivity index (χ4v) is 2.94. The number of ether oxygens (including phenoxy) is 2. The Morgan fingerprint density at radius 2 is 1.91 bits per heavy atom. The van der Waals surface area contributed by atoms with Gasteiger partial charge in [-0.25, -0.2) is 4.79 Å². The van der Waals surface area contributed by atoms with E-state index in [1.807, 2.05) is 0 Å². The van der Waals surface area contributed by atoms with Crippen LogP contribution in [-0.4, -0.2) is 24.5 Å². The van der Waals surface area contributed by atoms with Crippen LogP contribution in [0.1, 0.15) is 15.9 Å². The first kappa shape index (κ1) is 15.8. The van der Waals surface area contributed by atoms with Gasteiger partial charge in [-0.05, 0) is 29.8 Å². The molecule has 1 atom stereocenters. The van der Waals surface area contributed by atoms with Crippen LogP contribution in [-0.2, 0) is 16.0 Å². The number of ketones is 1. The van der Waals surface area contributed by atoms with Crippen LogP contribution in [0.2, 0.25) is 10.0 Å². The van der Waals surface area contributed by atoms with E-state index in [9.17, 15) is 9.59 Å². The van der Waals surface area contributed by atoms with E-state index in [2.05, 4.69) is 0 Å². The van der Waals surface area contributed by atoms with Crippen molar-refractivity contribution in [2.75, 3.05) is 7.11 Å². The zero-order valence-electron chi connectivity index (χ0n) is 12.1. The summed E-state index contributed by atoms with van der Waals surface area (Å²) >= 11 is 11.9. The Morgan fingerprint density at radius 3 is 2.57 bits per heavy atom. The number of carbonyl (C=O) groups is 2. The molecule has 1 aliphatic heterocycles. The predicted molar refractivity (Wildman–Crippen MR) is 86.3 cm³/mol. The summed E-state index contributed by atoms with van der Waals surface area (Å²) in [6, 6.07) is 11.6. The lowest BCUT2D eigenvalue weighted by molar-refractivity contribution is -0.153. The maximum absolute atomic E-state index is 12.8. The summed E-state index contributed by atoms with van der Waals surface area (Å²) in [5.41, 5.74) is -0.737. The maximum atomic E-state index is 12.8. The van der Waals surface area contributed by atoms with Crippen molar-refractivity contribution in [2.45, 2.75) is 12.0 Å². The van der Waals surface area contributed by atoms with Crippen LogP contribution in [0.15, 0.2) is 42.5 Å². The molecule has 0 fully saturated rings. The highest BCUT2D eigenvalue weighted by Gasteiger charge is 2.55. The lowest BCUT2D eigenvalue weighted by Crippen LogP contribution is -2.50. The molecule has 1 heterocycles. The molecule has 6 heteroatoms. The van der Waals surface area contributed by atoms with Crippen LogP contribution in [0.4, 0.5) is 0 Å². The molecule has 2 aromatic rings. The van der Waals surface area contributed by atoms with Gasteiger partial charge in [-0.2, -0.15) is 0 Å². The molecule has 118 valence electrons. The van der Waals surface area contributed by atoms with Gasteiger partial charge in [0.25, 0.3) is 5.60 Å². The molecule has 0 N–H and O–H groups in total. The SMILES string of the molecule is COC(=O)C1(Cc2ccc(Cl)c(Cl)c2)Oc2ccccc2C1=O. The first-order valence-corrected chi connectivity index (χ1v) is 7.59. The number of methoxy groups -OCH3 is 1. The Balaban J connectivity index is 2.04. The van der Waals surface area contributed by atoms with E-state index in [1.54, 1.807) is 42.5 Å². The molecule has 3 rings (SSSR count). The zero-order chi connectivity index (χ0) is 16.6. The van der Waals surface area contributed by atoms with Crippen LogP contribution < -0.4 is 4.74 Å². The van der Waals surface area contributed by atoms with Crippen molar-refractivity contribution in [1.82, 2.24) is 0 Å². The summed E-state index contributed by atoms with van der Waals surface area (Å²) in [5, 5.41) is 0.733. The molecule has 0 amide bonds. The minimum absolute atomic E-state index is 0.00404. The summed E-state index contributed by atoms with van der Waals surface area (Å²) in [6.45, 7) is 0. The molecule has 1 aliphatic rings. The third-order valence-corrected chi connectivity index (χ3v) is 4.47. The Hall–Kier alpha value is -2.04. The van der Waals surface area contributed by atoms with Gasteiger partial charge in [-0.15, -0.1) is 0 Å². The van der Waals surface area contributed by atoms with Crippen LogP contribution in [0.25, 0.3) is 0 Å². The summed E-state index contributed by atoms with van der Waals surface area (Å²) in [4.78, 5) is 25.1. The molecule has 0 spiro atoms. The molecule has 1 unspecified atom stereocenters. The Kier molecular flexibility index (Phi) is 4.04. The van der Waals surface area contributed by atoms with Gasteiger partial charge in [0.05, 0.1) is 22.7 Å². The number of rotatable bonds is 3. The summed E-state index contributed by atoms with van der Waals surface area (Å²) in [6.07, 6.45) is 0.00404. The minimum atomic E-state index is -1.74. The normalized spacial score (nSPS) is 19.2. The van der Waals surface area contributed by atoms with Gasteiger partial charge in [0, 0.05) is 6.42 Å². The van der Waals surface area contributed by atoms with E-state index >= 15 is 0 Å². The Bertz CT molecular complexity index is 803. The topological polar surface area (TPSA) is 52.6 Å². The molecule has 0 radical (unpaired) electrons. The van der Waals surface area contributed by atoms with Gasteiger partial charge in [0.15, 0.2) is 0 Å². The van der Waals surface area contributed by atoms with Gasteiger partial charge in [0.1, 0.15) is 5.75 Å². The summed E-state index contributed by atoms with van der Waals surface area (Å²) in [5.74, 6) is -0.807. The molecule has 23 heavy (non-hydrogen) atoms. The average molecular weight is 351 g/mol. The monoisotopic (exact) mass is 350 g/mol. The number of hydrogen-bond acceptors (Lipinski definition) is 4. The van der Waals surface area contributed by atoms with Gasteiger partial charge in [-0.3, -0.25) is 4.79 Å². The van der Waals surface area contributed by atoms with Crippen molar-refractivity contribution in [3.8, 4) is 5.75 Å². The van der Waals surface area contributed by atoms with E-state index < -0.39 is 17.4 Å². The van der Waals surface area contributed by atoms with E-state index in [0.717, 1.165) is 0 Å². The van der Waals surface area contributed by atoms with Gasteiger partial charge in [0.2, 0.25) is 5.78 Å². The minimum Gasteiger partial charge on any atom is -0.466 e. The van der Waals surface area contributed by atoms with Crippen LogP contribution in [0.3, 0.4) is 0 Å². The number of halogens is 2. The molecular weight excluding hydrogens is 339 g/mol. The number of para-hydroxylation sites is 1. The number of fused-ring (bicyclic) bond motifs is 1. The van der Waals surface area contributed by atoms with Crippen LogP contribution in [0.5, 0.6) is 5.75 Å². The quantitative estimate of drug-likeness (QED) is 0.625. The Labute approximate surface area is 142 Å². The van der Waals surface area contributed by atoms with Gasteiger partial charge < -0.3 is 9.47 Å². The lowest BCUT2D eigenvalue weighted by Gasteiger charge is -2.24. The summed E-state index contributed by atoms with van der Waals surface area (Å²) < 4.78 is 10.6. The molecule has 0 saturated carbocycles. The second kappa shape index (κ2) is 5.87. The number of hydrogen-bond donors (Lipinski definition) is 0. The van der Waals surface area contributed by atoms with Crippen molar-refractivity contribution in [3.63, 3.8) is 0 Å².